The van der Waals surface area contributed by atoms with Crippen LogP contribution < -0.4 is 5.32 Å². The first-order valence-electron chi connectivity index (χ1n) is 6.56. The van der Waals surface area contributed by atoms with Gasteiger partial charge in [-0.3, -0.25) is 0 Å². The topological polar surface area (TPSA) is 63.3 Å². The molecular weight excluding hydrogens is 264 g/mol. The number of rotatable bonds is 4. The molecule has 0 radical (unpaired) electrons. The van der Waals surface area contributed by atoms with E-state index >= 15 is 0 Å². The summed E-state index contributed by atoms with van der Waals surface area (Å²) in [6.07, 6.45) is 1.55. The fraction of sp³-hybridized carbons (Fsp3) is 0.0625. The summed E-state index contributed by atoms with van der Waals surface area (Å²) in [5.41, 5.74) is 3.04. The van der Waals surface area contributed by atoms with Gasteiger partial charge in [-0.2, -0.15) is 9.98 Å². The summed E-state index contributed by atoms with van der Waals surface area (Å²) in [6.45, 7) is 2.04. The van der Waals surface area contributed by atoms with Crippen LogP contribution in [-0.2, 0) is 0 Å². The maximum Gasteiger partial charge on any atom is 0.291 e. The molecule has 0 unspecified atom stereocenters. The van der Waals surface area contributed by atoms with Crippen LogP contribution in [0.2, 0.25) is 0 Å². The van der Waals surface area contributed by atoms with Crippen molar-refractivity contribution in [2.24, 2.45) is 4.99 Å². The van der Waals surface area contributed by atoms with Crippen LogP contribution >= 0.6 is 0 Å². The molecule has 0 aliphatic rings. The van der Waals surface area contributed by atoms with Crippen LogP contribution in [0.3, 0.4) is 0 Å². The lowest BCUT2D eigenvalue weighted by atomic mass is 10.2. The van der Waals surface area contributed by atoms with E-state index in [2.05, 4.69) is 20.4 Å². The number of hydrogen-bond donors (Lipinski definition) is 1. The third kappa shape index (κ3) is 3.33. The second-order valence-corrected chi connectivity index (χ2v) is 4.53. The molecule has 0 spiro atoms. The maximum absolute atomic E-state index is 5.17. The van der Waals surface area contributed by atoms with Crippen LogP contribution in [0.25, 0.3) is 11.5 Å². The molecule has 0 saturated carbocycles. The van der Waals surface area contributed by atoms with Gasteiger partial charge >= 0.3 is 0 Å². The van der Waals surface area contributed by atoms with Crippen molar-refractivity contribution in [3.05, 3.63) is 60.2 Å². The molecule has 1 N–H and O–H groups in total. The Morgan fingerprint density at radius 1 is 1.05 bits per heavy atom. The smallest absolute Gasteiger partial charge is 0.291 e. The molecule has 0 aliphatic carbocycles. The van der Waals surface area contributed by atoms with E-state index in [-0.39, 0.29) is 5.95 Å². The number of aliphatic imine (C=N–C) groups is 1. The van der Waals surface area contributed by atoms with Crippen molar-refractivity contribution in [2.75, 3.05) is 5.32 Å². The molecule has 3 aromatic rings. The number of aromatic nitrogens is 2. The van der Waals surface area contributed by atoms with Crippen molar-refractivity contribution in [2.45, 2.75) is 6.92 Å². The maximum atomic E-state index is 5.17. The molecule has 2 aromatic carbocycles. The van der Waals surface area contributed by atoms with E-state index in [1.807, 2.05) is 61.5 Å². The zero-order chi connectivity index (χ0) is 14.5. The lowest BCUT2D eigenvalue weighted by Crippen LogP contribution is -1.93. The minimum Gasteiger partial charge on any atom is -0.346 e. The Bertz CT molecular complexity index is 732. The van der Waals surface area contributed by atoms with Gasteiger partial charge in [0.2, 0.25) is 0 Å². The van der Waals surface area contributed by atoms with Gasteiger partial charge in [0.15, 0.2) is 0 Å². The van der Waals surface area contributed by atoms with Gasteiger partial charge in [0.05, 0.1) is 6.34 Å². The molecule has 21 heavy (non-hydrogen) atoms. The van der Waals surface area contributed by atoms with Crippen LogP contribution in [0.15, 0.2) is 64.1 Å². The largest absolute Gasteiger partial charge is 0.346 e. The molecule has 1 heterocycles. The van der Waals surface area contributed by atoms with Crippen LogP contribution in [-0.4, -0.2) is 16.5 Å². The summed E-state index contributed by atoms with van der Waals surface area (Å²) in [6, 6.07) is 17.6. The molecule has 1 aromatic heterocycles. The molecule has 0 amide bonds. The second-order valence-electron chi connectivity index (χ2n) is 4.53. The highest BCUT2D eigenvalue weighted by molar-refractivity contribution is 5.77. The van der Waals surface area contributed by atoms with Gasteiger partial charge in [-0.1, -0.05) is 35.9 Å². The number of nitrogens with one attached hydrogen (secondary N) is 1. The van der Waals surface area contributed by atoms with Gasteiger partial charge in [-0.25, -0.2) is 0 Å². The van der Waals surface area contributed by atoms with E-state index in [0.29, 0.717) is 5.89 Å². The number of aryl methyl sites for hydroxylation is 1. The molecule has 5 heteroatoms. The van der Waals surface area contributed by atoms with Crippen LogP contribution in [0, 0.1) is 6.92 Å². The molecule has 104 valence electrons. The van der Waals surface area contributed by atoms with E-state index in [4.69, 9.17) is 4.52 Å². The van der Waals surface area contributed by atoms with Gasteiger partial charge in [0, 0.05) is 11.3 Å². The predicted molar refractivity (Wildman–Crippen MR) is 82.7 cm³/mol. The Morgan fingerprint density at radius 3 is 2.57 bits per heavy atom. The summed E-state index contributed by atoms with van der Waals surface area (Å²) in [4.78, 5) is 8.33. The molecular formula is C16H14N4O. The van der Waals surface area contributed by atoms with Crippen LogP contribution in [0.5, 0.6) is 0 Å². The summed E-state index contributed by atoms with van der Waals surface area (Å²) >= 11 is 0. The number of nitrogens with zero attached hydrogens (tertiary/aromatic N) is 3. The highest BCUT2D eigenvalue weighted by atomic mass is 16.5. The SMILES string of the molecule is Cc1ccc(N/C=N\c2noc(-c3ccccc3)n2)cc1. The zero-order valence-corrected chi connectivity index (χ0v) is 11.5. The number of anilines is 1. The summed E-state index contributed by atoms with van der Waals surface area (Å²) in [7, 11) is 0. The highest BCUT2D eigenvalue weighted by Gasteiger charge is 2.06. The third-order valence-corrected chi connectivity index (χ3v) is 2.90. The van der Waals surface area contributed by atoms with Gasteiger partial charge < -0.3 is 9.84 Å². The van der Waals surface area contributed by atoms with Gasteiger partial charge in [0.25, 0.3) is 11.8 Å². The average Bonchev–Trinajstić information content (AvgIpc) is 2.99. The van der Waals surface area contributed by atoms with Crippen molar-refractivity contribution < 1.29 is 4.52 Å². The Hall–Kier alpha value is -2.95. The number of benzene rings is 2. The molecule has 0 atom stereocenters. The first kappa shape index (κ1) is 13.1. The van der Waals surface area contributed by atoms with Gasteiger partial charge in [-0.15, -0.1) is 0 Å². The summed E-state index contributed by atoms with van der Waals surface area (Å²) < 4.78 is 5.17. The fourth-order valence-electron chi connectivity index (χ4n) is 1.78. The molecule has 0 aliphatic heterocycles. The molecule has 0 bridgehead atoms. The first-order chi connectivity index (χ1) is 10.3. The molecule has 0 saturated heterocycles. The van der Waals surface area contributed by atoms with Crippen molar-refractivity contribution in [1.29, 1.82) is 0 Å². The Kier molecular flexibility index (Phi) is 3.73. The summed E-state index contributed by atoms with van der Waals surface area (Å²) in [5, 5.41) is 6.87. The van der Waals surface area contributed by atoms with Crippen molar-refractivity contribution in [1.82, 2.24) is 10.1 Å². The van der Waals surface area contributed by atoms with Crippen LogP contribution in [0.4, 0.5) is 11.6 Å². The first-order valence-corrected chi connectivity index (χ1v) is 6.56. The third-order valence-electron chi connectivity index (χ3n) is 2.90. The predicted octanol–water partition coefficient (Wildman–Crippen LogP) is 3.82. The van der Waals surface area contributed by atoms with E-state index in [9.17, 15) is 0 Å². The number of hydrogen-bond acceptors (Lipinski definition) is 4. The van der Waals surface area contributed by atoms with E-state index in [0.717, 1.165) is 11.3 Å². The van der Waals surface area contributed by atoms with E-state index in [1.54, 1.807) is 6.34 Å². The average molecular weight is 278 g/mol. The van der Waals surface area contributed by atoms with Crippen molar-refractivity contribution in [3.63, 3.8) is 0 Å². The standard InChI is InChI=1S/C16H14N4O/c1-12-7-9-14(10-8-12)17-11-18-16-19-15(21-20-16)13-5-3-2-4-6-13/h2-11H,1H3,(H,17,18,20). The zero-order valence-electron chi connectivity index (χ0n) is 11.5. The van der Waals surface area contributed by atoms with Gasteiger partial charge in [-0.05, 0) is 36.3 Å². The van der Waals surface area contributed by atoms with E-state index in [1.165, 1.54) is 5.56 Å². The molecule has 0 fully saturated rings. The highest BCUT2D eigenvalue weighted by Crippen LogP contribution is 2.18. The fourth-order valence-corrected chi connectivity index (χ4v) is 1.78. The Balaban J connectivity index is 1.67. The molecule has 5 nitrogen and oxygen atoms in total. The lowest BCUT2D eigenvalue weighted by Gasteiger charge is -1.98. The minimum absolute atomic E-state index is 0.286. The van der Waals surface area contributed by atoms with Gasteiger partial charge in [0.1, 0.15) is 0 Å². The van der Waals surface area contributed by atoms with Crippen molar-refractivity contribution in [3.8, 4) is 11.5 Å². The normalized spacial score (nSPS) is 10.9. The quantitative estimate of drug-likeness (QED) is 0.582. The van der Waals surface area contributed by atoms with Crippen molar-refractivity contribution >= 4 is 18.0 Å². The summed E-state index contributed by atoms with van der Waals surface area (Å²) in [5.74, 6) is 0.742. The lowest BCUT2D eigenvalue weighted by molar-refractivity contribution is 0.432. The molecule has 3 rings (SSSR count). The Morgan fingerprint density at radius 2 is 1.81 bits per heavy atom. The Labute approximate surface area is 122 Å². The van der Waals surface area contributed by atoms with Crippen LogP contribution in [0.1, 0.15) is 5.56 Å². The minimum atomic E-state index is 0.286. The van der Waals surface area contributed by atoms with E-state index < -0.39 is 0 Å². The monoisotopic (exact) mass is 278 g/mol. The second kappa shape index (κ2) is 6.00.